The molecule has 1 N–H and O–H groups in total. The van der Waals surface area contributed by atoms with Gasteiger partial charge >= 0.3 is 5.97 Å². The molecule has 0 aromatic carbocycles. The third-order valence-electron chi connectivity index (χ3n) is 7.01. The highest BCUT2D eigenvalue weighted by molar-refractivity contribution is 5.69. The highest BCUT2D eigenvalue weighted by atomic mass is 16.4. The molecule has 0 aliphatic carbocycles. The zero-order chi connectivity index (χ0) is 25.0. The van der Waals surface area contributed by atoms with Crippen molar-refractivity contribution in [2.75, 3.05) is 0 Å². The van der Waals surface area contributed by atoms with E-state index in [0.717, 1.165) is 32.1 Å². The van der Waals surface area contributed by atoms with Crippen LogP contribution in [0.5, 0.6) is 0 Å². The first kappa shape index (κ1) is 33.0. The summed E-state index contributed by atoms with van der Waals surface area (Å²) >= 11 is 0. The first-order valence-electron chi connectivity index (χ1n) is 15.2. The van der Waals surface area contributed by atoms with Gasteiger partial charge in [0, 0.05) is 0 Å². The molecule has 34 heavy (non-hydrogen) atoms. The van der Waals surface area contributed by atoms with Crippen LogP contribution in [0.15, 0.2) is 24.3 Å². The zero-order valence-electron chi connectivity index (χ0n) is 23.2. The van der Waals surface area contributed by atoms with Gasteiger partial charge in [0.2, 0.25) is 0 Å². The quantitative estimate of drug-likeness (QED) is 0.0945. The Labute approximate surface area is 214 Å². The molecule has 0 radical (unpaired) electrons. The molecule has 0 bridgehead atoms. The summed E-state index contributed by atoms with van der Waals surface area (Å²) in [7, 11) is 0. The largest absolute Gasteiger partial charge is 0.481 e. The maximum atomic E-state index is 11.6. The van der Waals surface area contributed by atoms with Crippen LogP contribution in [-0.2, 0) is 4.79 Å². The Morgan fingerprint density at radius 2 is 0.882 bits per heavy atom. The fourth-order valence-corrected chi connectivity index (χ4v) is 4.65. The Morgan fingerprint density at radius 3 is 1.32 bits per heavy atom. The van der Waals surface area contributed by atoms with E-state index in [1.54, 1.807) is 0 Å². The van der Waals surface area contributed by atoms with Crippen LogP contribution in [-0.4, -0.2) is 11.1 Å². The van der Waals surface area contributed by atoms with Gasteiger partial charge in [-0.15, -0.1) is 0 Å². The normalized spacial score (nSPS) is 12.8. The van der Waals surface area contributed by atoms with Crippen LogP contribution < -0.4 is 0 Å². The van der Waals surface area contributed by atoms with Gasteiger partial charge in [0.15, 0.2) is 0 Å². The zero-order valence-corrected chi connectivity index (χ0v) is 23.2. The number of rotatable bonds is 27. The van der Waals surface area contributed by atoms with Crippen molar-refractivity contribution >= 4 is 5.97 Å². The van der Waals surface area contributed by atoms with Crippen molar-refractivity contribution in [3.63, 3.8) is 0 Å². The predicted octanol–water partition coefficient (Wildman–Crippen LogP) is 11.2. The highest BCUT2D eigenvalue weighted by Gasteiger charge is 2.16. The maximum absolute atomic E-state index is 11.6. The minimum atomic E-state index is -0.571. The summed E-state index contributed by atoms with van der Waals surface area (Å²) in [5.74, 6) is -0.682. The third kappa shape index (κ3) is 25.6. The van der Waals surface area contributed by atoms with Crippen molar-refractivity contribution in [1.82, 2.24) is 0 Å². The molecule has 0 rings (SSSR count). The van der Waals surface area contributed by atoms with Gasteiger partial charge in [0.05, 0.1) is 5.92 Å². The minimum absolute atomic E-state index is 0.111. The molecule has 0 fully saturated rings. The molecular weight excluding hydrogens is 416 g/mol. The van der Waals surface area contributed by atoms with E-state index >= 15 is 0 Å². The molecule has 1 atom stereocenters. The van der Waals surface area contributed by atoms with E-state index in [9.17, 15) is 9.90 Å². The van der Waals surface area contributed by atoms with Crippen molar-refractivity contribution in [3.8, 4) is 0 Å². The fraction of sp³-hybridized carbons (Fsp3) is 0.844. The van der Waals surface area contributed by atoms with Crippen LogP contribution in [0.3, 0.4) is 0 Å². The average Bonchev–Trinajstić information content (AvgIpc) is 2.83. The second-order valence-electron chi connectivity index (χ2n) is 10.4. The van der Waals surface area contributed by atoms with Gasteiger partial charge in [0.1, 0.15) is 0 Å². The third-order valence-corrected chi connectivity index (χ3v) is 7.01. The molecule has 0 aromatic rings. The SMILES string of the molecule is CCCCCC=CCC=CCCCCCCCCC(CCCCCCCCCCCC)C(=O)O. The second kappa shape index (κ2) is 28.2. The van der Waals surface area contributed by atoms with Gasteiger partial charge in [-0.05, 0) is 44.9 Å². The summed E-state index contributed by atoms with van der Waals surface area (Å²) in [6.07, 6.45) is 39.1. The van der Waals surface area contributed by atoms with Gasteiger partial charge in [-0.25, -0.2) is 0 Å². The number of aliphatic carboxylic acids is 1. The average molecular weight is 477 g/mol. The molecular formula is C32H60O2. The maximum Gasteiger partial charge on any atom is 0.306 e. The van der Waals surface area contributed by atoms with Crippen LogP contribution in [0, 0.1) is 5.92 Å². The molecule has 0 amide bonds. The number of carboxylic acid groups (broad SMARTS) is 1. The molecule has 2 nitrogen and oxygen atoms in total. The molecule has 0 saturated carbocycles. The summed E-state index contributed by atoms with van der Waals surface area (Å²) in [4.78, 5) is 11.6. The van der Waals surface area contributed by atoms with Crippen molar-refractivity contribution in [3.05, 3.63) is 24.3 Å². The lowest BCUT2D eigenvalue weighted by Crippen LogP contribution is -2.13. The molecule has 0 aromatic heterocycles. The van der Waals surface area contributed by atoms with Crippen LogP contribution in [0.4, 0.5) is 0 Å². The van der Waals surface area contributed by atoms with Gasteiger partial charge in [-0.3, -0.25) is 4.79 Å². The summed E-state index contributed by atoms with van der Waals surface area (Å²) in [5.41, 5.74) is 0. The molecule has 0 heterocycles. The van der Waals surface area contributed by atoms with Crippen molar-refractivity contribution in [2.45, 2.75) is 168 Å². The predicted molar refractivity (Wildman–Crippen MR) is 152 cm³/mol. The first-order chi connectivity index (χ1) is 16.7. The van der Waals surface area contributed by atoms with Crippen molar-refractivity contribution in [2.24, 2.45) is 5.92 Å². The second-order valence-corrected chi connectivity index (χ2v) is 10.4. The molecule has 200 valence electrons. The Balaban J connectivity index is 3.49. The van der Waals surface area contributed by atoms with E-state index in [1.165, 1.54) is 122 Å². The fourth-order valence-electron chi connectivity index (χ4n) is 4.65. The summed E-state index contributed by atoms with van der Waals surface area (Å²) in [6.45, 7) is 4.52. The van der Waals surface area contributed by atoms with Crippen molar-refractivity contribution in [1.29, 1.82) is 0 Å². The number of allylic oxidation sites excluding steroid dienone is 4. The highest BCUT2D eigenvalue weighted by Crippen LogP contribution is 2.20. The summed E-state index contributed by atoms with van der Waals surface area (Å²) < 4.78 is 0. The topological polar surface area (TPSA) is 37.3 Å². The monoisotopic (exact) mass is 476 g/mol. The summed E-state index contributed by atoms with van der Waals surface area (Å²) in [5, 5.41) is 9.53. The number of unbranched alkanes of at least 4 members (excludes halogenated alkanes) is 18. The standard InChI is InChI=1S/C32H60O2/c1-3-5-7-9-11-13-15-16-17-18-19-20-22-24-26-28-30-31(32(33)34)29-27-25-23-21-14-12-10-8-6-4-2/h11,13,16-17,31H,3-10,12,14-15,18-30H2,1-2H3,(H,33,34). The lowest BCUT2D eigenvalue weighted by atomic mass is 9.94. The van der Waals surface area contributed by atoms with Gasteiger partial charge < -0.3 is 5.11 Å². The van der Waals surface area contributed by atoms with E-state index < -0.39 is 5.97 Å². The van der Waals surface area contributed by atoms with Crippen LogP contribution in [0.1, 0.15) is 168 Å². The van der Waals surface area contributed by atoms with E-state index in [-0.39, 0.29) is 5.92 Å². The summed E-state index contributed by atoms with van der Waals surface area (Å²) in [6, 6.07) is 0. The number of hydrogen-bond acceptors (Lipinski definition) is 1. The van der Waals surface area contributed by atoms with Crippen LogP contribution in [0.25, 0.3) is 0 Å². The van der Waals surface area contributed by atoms with Crippen LogP contribution >= 0.6 is 0 Å². The molecule has 0 aliphatic rings. The van der Waals surface area contributed by atoms with E-state index in [0.29, 0.717) is 0 Å². The number of carboxylic acids is 1. The Morgan fingerprint density at radius 1 is 0.529 bits per heavy atom. The number of hydrogen-bond donors (Lipinski definition) is 1. The number of carbonyl (C=O) groups is 1. The van der Waals surface area contributed by atoms with Gasteiger partial charge in [-0.2, -0.15) is 0 Å². The van der Waals surface area contributed by atoms with E-state index in [4.69, 9.17) is 0 Å². The molecule has 0 spiro atoms. The molecule has 1 unspecified atom stereocenters. The Bertz CT molecular complexity index is 466. The molecule has 0 saturated heterocycles. The Hall–Kier alpha value is -1.05. The minimum Gasteiger partial charge on any atom is -0.481 e. The lowest BCUT2D eigenvalue weighted by molar-refractivity contribution is -0.142. The smallest absolute Gasteiger partial charge is 0.306 e. The van der Waals surface area contributed by atoms with E-state index in [2.05, 4.69) is 38.2 Å². The lowest BCUT2D eigenvalue weighted by Gasteiger charge is -2.12. The van der Waals surface area contributed by atoms with Crippen molar-refractivity contribution < 1.29 is 9.90 Å². The molecule has 0 aliphatic heterocycles. The first-order valence-corrected chi connectivity index (χ1v) is 15.2. The molecule has 2 heteroatoms. The van der Waals surface area contributed by atoms with Gasteiger partial charge in [-0.1, -0.05) is 147 Å². The van der Waals surface area contributed by atoms with E-state index in [1.807, 2.05) is 0 Å². The van der Waals surface area contributed by atoms with Gasteiger partial charge in [0.25, 0.3) is 0 Å². The van der Waals surface area contributed by atoms with Crippen LogP contribution in [0.2, 0.25) is 0 Å². The Kier molecular flexibility index (Phi) is 27.3.